The van der Waals surface area contributed by atoms with Crippen molar-refractivity contribution in [3.8, 4) is 5.82 Å². The molecule has 22 heavy (non-hydrogen) atoms. The van der Waals surface area contributed by atoms with Crippen LogP contribution in [0, 0.1) is 13.8 Å². The molecule has 1 N–H and O–H groups in total. The number of carbonyl (C=O) groups excluding carboxylic acids is 1. The number of likely N-dealkylation sites (N-methyl/N-ethyl adjacent to an activating group) is 1. The molecule has 0 bridgehead atoms. The van der Waals surface area contributed by atoms with Crippen molar-refractivity contribution in [3.05, 3.63) is 47.4 Å². The number of carbonyl (C=O) groups is 1. The second-order valence-electron chi connectivity index (χ2n) is 6.28. The Labute approximate surface area is 131 Å². The number of hydrogen-bond acceptors (Lipinski definition) is 3. The molecule has 2 aromatic heterocycles. The lowest BCUT2D eigenvalue weighted by molar-refractivity contribution is 0.0367. The van der Waals surface area contributed by atoms with E-state index in [-0.39, 0.29) is 12.5 Å². The van der Waals surface area contributed by atoms with Crippen LogP contribution in [0.5, 0.6) is 0 Å². The molecule has 0 aliphatic heterocycles. The summed E-state index contributed by atoms with van der Waals surface area (Å²) in [6.45, 7) is 7.52. The van der Waals surface area contributed by atoms with Gasteiger partial charge in [-0.1, -0.05) is 6.07 Å². The number of pyridine rings is 1. The molecule has 0 aromatic carbocycles. The van der Waals surface area contributed by atoms with E-state index in [0.29, 0.717) is 5.56 Å². The zero-order chi connectivity index (χ0) is 16.5. The molecule has 0 spiro atoms. The molecule has 118 valence electrons. The number of nitrogens with zero attached hydrogens (tertiary/aromatic N) is 3. The fraction of sp³-hybridized carbons (Fsp3) is 0.412. The molecular formula is C17H23N3O2. The first-order chi connectivity index (χ1) is 10.2. The van der Waals surface area contributed by atoms with Crippen LogP contribution in [0.3, 0.4) is 0 Å². The van der Waals surface area contributed by atoms with Crippen LogP contribution in [0.2, 0.25) is 0 Å². The van der Waals surface area contributed by atoms with E-state index in [9.17, 15) is 9.90 Å². The lowest BCUT2D eigenvalue weighted by Crippen LogP contribution is -2.39. The molecule has 0 saturated carbocycles. The van der Waals surface area contributed by atoms with Gasteiger partial charge in [-0.25, -0.2) is 4.98 Å². The van der Waals surface area contributed by atoms with Gasteiger partial charge in [0.25, 0.3) is 5.91 Å². The quantitative estimate of drug-likeness (QED) is 0.943. The smallest absolute Gasteiger partial charge is 0.255 e. The summed E-state index contributed by atoms with van der Waals surface area (Å²) in [4.78, 5) is 18.5. The molecule has 5 heteroatoms. The Morgan fingerprint density at radius 3 is 2.59 bits per heavy atom. The molecule has 1 amide bonds. The van der Waals surface area contributed by atoms with Crippen LogP contribution in [-0.4, -0.2) is 44.7 Å². The average molecular weight is 301 g/mol. The Morgan fingerprint density at radius 2 is 2.05 bits per heavy atom. The number of amides is 1. The number of hydrogen-bond donors (Lipinski definition) is 1. The molecule has 2 aromatic rings. The first-order valence-corrected chi connectivity index (χ1v) is 7.29. The maximum atomic E-state index is 12.6. The summed E-state index contributed by atoms with van der Waals surface area (Å²) in [6.07, 6.45) is 1.73. The Morgan fingerprint density at radius 1 is 1.36 bits per heavy atom. The van der Waals surface area contributed by atoms with Crippen molar-refractivity contribution in [1.29, 1.82) is 0 Å². The SMILES string of the molecule is Cc1cc(C(=O)N(C)CC(C)(C)O)c(C)n1-c1ccccn1. The lowest BCUT2D eigenvalue weighted by atomic mass is 10.1. The van der Waals surface area contributed by atoms with Gasteiger partial charge in [0, 0.05) is 31.2 Å². The minimum atomic E-state index is -0.920. The third kappa shape index (κ3) is 3.36. The fourth-order valence-corrected chi connectivity index (χ4v) is 2.68. The zero-order valence-corrected chi connectivity index (χ0v) is 13.8. The number of aromatic nitrogens is 2. The third-order valence-electron chi connectivity index (χ3n) is 3.51. The molecule has 2 heterocycles. The van der Waals surface area contributed by atoms with Gasteiger partial charge in [-0.3, -0.25) is 4.79 Å². The van der Waals surface area contributed by atoms with Gasteiger partial charge in [-0.05, 0) is 45.9 Å². The molecule has 2 rings (SSSR count). The van der Waals surface area contributed by atoms with Crippen LogP contribution in [-0.2, 0) is 0 Å². The lowest BCUT2D eigenvalue weighted by Gasteiger charge is -2.25. The topological polar surface area (TPSA) is 58.4 Å². The summed E-state index contributed by atoms with van der Waals surface area (Å²) in [7, 11) is 1.70. The third-order valence-corrected chi connectivity index (χ3v) is 3.51. The molecule has 0 aliphatic carbocycles. The van der Waals surface area contributed by atoms with E-state index in [1.807, 2.05) is 42.7 Å². The van der Waals surface area contributed by atoms with Gasteiger partial charge in [-0.2, -0.15) is 0 Å². The van der Waals surface area contributed by atoms with Crippen molar-refractivity contribution in [2.24, 2.45) is 0 Å². The van der Waals surface area contributed by atoms with Crippen LogP contribution < -0.4 is 0 Å². The number of rotatable bonds is 4. The second kappa shape index (κ2) is 5.93. The van der Waals surface area contributed by atoms with E-state index in [0.717, 1.165) is 17.2 Å². The van der Waals surface area contributed by atoms with Crippen molar-refractivity contribution in [3.63, 3.8) is 0 Å². The van der Waals surface area contributed by atoms with E-state index in [4.69, 9.17) is 0 Å². The Bertz CT molecular complexity index is 669. The van der Waals surface area contributed by atoms with Gasteiger partial charge >= 0.3 is 0 Å². The van der Waals surface area contributed by atoms with Crippen molar-refractivity contribution in [2.75, 3.05) is 13.6 Å². The highest BCUT2D eigenvalue weighted by Gasteiger charge is 2.24. The van der Waals surface area contributed by atoms with Gasteiger partial charge in [-0.15, -0.1) is 0 Å². The highest BCUT2D eigenvalue weighted by atomic mass is 16.3. The maximum Gasteiger partial charge on any atom is 0.255 e. The summed E-state index contributed by atoms with van der Waals surface area (Å²) in [6, 6.07) is 7.56. The molecule has 0 unspecified atom stereocenters. The van der Waals surface area contributed by atoms with Crippen molar-refractivity contribution in [1.82, 2.24) is 14.5 Å². The van der Waals surface area contributed by atoms with Gasteiger partial charge < -0.3 is 14.6 Å². The van der Waals surface area contributed by atoms with Crippen molar-refractivity contribution < 1.29 is 9.90 Å². The van der Waals surface area contributed by atoms with E-state index in [1.165, 1.54) is 0 Å². The normalized spacial score (nSPS) is 11.5. The van der Waals surface area contributed by atoms with E-state index >= 15 is 0 Å². The van der Waals surface area contributed by atoms with Gasteiger partial charge in [0.1, 0.15) is 5.82 Å². The molecule has 0 saturated heterocycles. The summed E-state index contributed by atoms with van der Waals surface area (Å²) in [5.74, 6) is 0.694. The van der Waals surface area contributed by atoms with Gasteiger partial charge in [0.15, 0.2) is 0 Å². The second-order valence-corrected chi connectivity index (χ2v) is 6.28. The molecule has 5 nitrogen and oxygen atoms in total. The van der Waals surface area contributed by atoms with Crippen LogP contribution in [0.4, 0.5) is 0 Å². The largest absolute Gasteiger partial charge is 0.389 e. The summed E-state index contributed by atoms with van der Waals surface area (Å²) < 4.78 is 1.96. The summed E-state index contributed by atoms with van der Waals surface area (Å²) >= 11 is 0. The molecule has 0 radical (unpaired) electrons. The molecular weight excluding hydrogens is 278 g/mol. The summed E-state index contributed by atoms with van der Waals surface area (Å²) in [5.41, 5.74) is 1.52. The highest BCUT2D eigenvalue weighted by molar-refractivity contribution is 5.95. The maximum absolute atomic E-state index is 12.6. The van der Waals surface area contributed by atoms with Crippen LogP contribution in [0.1, 0.15) is 35.6 Å². The van der Waals surface area contributed by atoms with Gasteiger partial charge in [0.2, 0.25) is 0 Å². The molecule has 0 aliphatic rings. The monoisotopic (exact) mass is 301 g/mol. The highest BCUT2D eigenvalue weighted by Crippen LogP contribution is 2.21. The van der Waals surface area contributed by atoms with Crippen molar-refractivity contribution in [2.45, 2.75) is 33.3 Å². The predicted octanol–water partition coefficient (Wildman–Crippen LogP) is 2.33. The molecule has 0 atom stereocenters. The Hall–Kier alpha value is -2.14. The minimum Gasteiger partial charge on any atom is -0.389 e. The van der Waals surface area contributed by atoms with E-state index < -0.39 is 5.60 Å². The van der Waals surface area contributed by atoms with Crippen molar-refractivity contribution >= 4 is 5.91 Å². The Kier molecular flexibility index (Phi) is 4.37. The summed E-state index contributed by atoms with van der Waals surface area (Å²) in [5, 5.41) is 9.88. The van der Waals surface area contributed by atoms with E-state index in [1.54, 1.807) is 32.0 Å². The van der Waals surface area contributed by atoms with E-state index in [2.05, 4.69) is 4.98 Å². The first-order valence-electron chi connectivity index (χ1n) is 7.29. The predicted molar refractivity (Wildman–Crippen MR) is 86.3 cm³/mol. The van der Waals surface area contributed by atoms with Crippen LogP contribution in [0.15, 0.2) is 30.5 Å². The standard InChI is InChI=1S/C17H23N3O2/c1-12-10-14(16(21)19(5)11-17(3,4)22)13(2)20(12)15-8-6-7-9-18-15/h6-10,22H,11H2,1-5H3. The van der Waals surface area contributed by atoms with Crippen LogP contribution >= 0.6 is 0 Å². The molecule has 0 fully saturated rings. The zero-order valence-electron chi connectivity index (χ0n) is 13.8. The minimum absolute atomic E-state index is 0.0996. The number of aliphatic hydroxyl groups is 1. The van der Waals surface area contributed by atoms with Gasteiger partial charge in [0.05, 0.1) is 11.2 Å². The van der Waals surface area contributed by atoms with Crippen LogP contribution in [0.25, 0.3) is 5.82 Å². The average Bonchev–Trinajstić information content (AvgIpc) is 2.72. The number of aryl methyl sites for hydroxylation is 1. The fourth-order valence-electron chi connectivity index (χ4n) is 2.68. The first kappa shape index (κ1) is 16.2. The Balaban J connectivity index is 2.36.